The number of carbonyl (C=O) groups excluding carboxylic acids is 1. The molecule has 27 heavy (non-hydrogen) atoms. The van der Waals surface area contributed by atoms with Crippen LogP contribution in [0.4, 0.5) is 15.8 Å². The molecule has 9 heteroatoms. The summed E-state index contributed by atoms with van der Waals surface area (Å²) >= 11 is 5.15. The van der Waals surface area contributed by atoms with Gasteiger partial charge in [0, 0.05) is 17.8 Å². The zero-order chi connectivity index (χ0) is 19.6. The van der Waals surface area contributed by atoms with Crippen molar-refractivity contribution in [2.24, 2.45) is 0 Å². The second-order valence-corrected chi connectivity index (χ2v) is 6.26. The summed E-state index contributed by atoms with van der Waals surface area (Å²) in [6, 6.07) is 11.0. The highest BCUT2D eigenvalue weighted by Gasteiger charge is 2.31. The summed E-state index contributed by atoms with van der Waals surface area (Å²) in [4.78, 5) is 23.4. The van der Waals surface area contributed by atoms with Crippen LogP contribution >= 0.6 is 12.2 Å². The van der Waals surface area contributed by atoms with Crippen molar-refractivity contribution in [2.45, 2.75) is 13.0 Å². The Kier molecular flexibility index (Phi) is 5.13. The van der Waals surface area contributed by atoms with Crippen molar-refractivity contribution < 1.29 is 14.1 Å². The Morgan fingerprint density at radius 3 is 2.70 bits per heavy atom. The van der Waals surface area contributed by atoms with Gasteiger partial charge in [0.1, 0.15) is 5.82 Å². The van der Waals surface area contributed by atoms with Crippen LogP contribution < -0.4 is 16.0 Å². The maximum atomic E-state index is 13.9. The van der Waals surface area contributed by atoms with Gasteiger partial charge in [0.25, 0.3) is 11.6 Å². The third kappa shape index (κ3) is 3.93. The Bertz CT molecular complexity index is 977. The minimum absolute atomic E-state index is 0.0359. The van der Waals surface area contributed by atoms with E-state index in [1.807, 2.05) is 0 Å². The third-order valence-corrected chi connectivity index (χ3v) is 4.27. The number of nitro groups is 1. The van der Waals surface area contributed by atoms with E-state index >= 15 is 0 Å². The van der Waals surface area contributed by atoms with E-state index in [0.29, 0.717) is 11.3 Å². The van der Waals surface area contributed by atoms with Crippen molar-refractivity contribution in [1.29, 1.82) is 0 Å². The van der Waals surface area contributed by atoms with Gasteiger partial charge in [-0.05, 0) is 36.8 Å². The number of rotatable bonds is 4. The quantitative estimate of drug-likeness (QED) is 0.424. The molecular weight excluding hydrogens is 371 g/mol. The zero-order valence-corrected chi connectivity index (χ0v) is 15.0. The molecule has 2 aromatic rings. The Balaban J connectivity index is 1.99. The Hall–Kier alpha value is -3.33. The molecule has 1 unspecified atom stereocenters. The maximum Gasteiger partial charge on any atom is 0.269 e. The molecule has 0 aromatic heterocycles. The Morgan fingerprint density at radius 2 is 2.00 bits per heavy atom. The second kappa shape index (κ2) is 7.50. The molecule has 0 radical (unpaired) electrons. The van der Waals surface area contributed by atoms with Crippen molar-refractivity contribution in [3.05, 3.63) is 81.3 Å². The van der Waals surface area contributed by atoms with Crippen LogP contribution in [0.3, 0.4) is 0 Å². The van der Waals surface area contributed by atoms with Crippen molar-refractivity contribution in [3.63, 3.8) is 0 Å². The first-order chi connectivity index (χ1) is 12.9. The van der Waals surface area contributed by atoms with E-state index in [1.165, 1.54) is 36.4 Å². The van der Waals surface area contributed by atoms with Gasteiger partial charge in [-0.15, -0.1) is 0 Å². The van der Waals surface area contributed by atoms with Gasteiger partial charge in [-0.2, -0.15) is 0 Å². The van der Waals surface area contributed by atoms with Crippen LogP contribution in [0.25, 0.3) is 0 Å². The van der Waals surface area contributed by atoms with E-state index in [9.17, 15) is 19.3 Å². The molecule has 0 bridgehead atoms. The SMILES string of the molecule is CC1=C(C(=O)Nc2ccccc2F)C(c2cccc([N+](=O)[O-])c2)NC(=S)N1. The molecule has 1 aliphatic rings. The predicted octanol–water partition coefficient (Wildman–Crippen LogP) is 3.17. The number of benzene rings is 2. The predicted molar refractivity (Wildman–Crippen MR) is 102 cm³/mol. The van der Waals surface area contributed by atoms with Gasteiger partial charge in [-0.25, -0.2) is 4.39 Å². The summed E-state index contributed by atoms with van der Waals surface area (Å²) in [7, 11) is 0. The number of non-ortho nitro benzene ring substituents is 1. The number of hydrogen-bond acceptors (Lipinski definition) is 4. The summed E-state index contributed by atoms with van der Waals surface area (Å²) in [6.07, 6.45) is 0. The van der Waals surface area contributed by atoms with Crippen LogP contribution in [0.5, 0.6) is 0 Å². The molecular formula is C18H15FN4O3S. The topological polar surface area (TPSA) is 96.3 Å². The summed E-state index contributed by atoms with van der Waals surface area (Å²) < 4.78 is 13.9. The lowest BCUT2D eigenvalue weighted by atomic mass is 9.94. The number of halogens is 1. The molecule has 0 saturated heterocycles. The van der Waals surface area contributed by atoms with E-state index in [0.717, 1.165) is 0 Å². The molecule has 0 fully saturated rings. The Labute approximate surface area is 159 Å². The van der Waals surface area contributed by atoms with Crippen molar-refractivity contribution in [3.8, 4) is 0 Å². The minimum Gasteiger partial charge on any atom is -0.351 e. The van der Waals surface area contributed by atoms with Crippen LogP contribution in [0.15, 0.2) is 59.8 Å². The zero-order valence-electron chi connectivity index (χ0n) is 14.2. The van der Waals surface area contributed by atoms with Crippen LogP contribution in [0.2, 0.25) is 0 Å². The number of nitrogens with one attached hydrogen (secondary N) is 3. The largest absolute Gasteiger partial charge is 0.351 e. The molecule has 0 aliphatic carbocycles. The number of anilines is 1. The van der Waals surface area contributed by atoms with E-state index in [1.54, 1.807) is 19.1 Å². The van der Waals surface area contributed by atoms with Crippen LogP contribution in [-0.2, 0) is 4.79 Å². The highest BCUT2D eigenvalue weighted by Crippen LogP contribution is 2.30. The number of thiocarbonyl (C=S) groups is 1. The normalized spacial score (nSPS) is 16.4. The molecule has 0 saturated carbocycles. The first-order valence-corrected chi connectivity index (χ1v) is 8.36. The lowest BCUT2D eigenvalue weighted by Gasteiger charge is -2.30. The molecule has 1 amide bonds. The van der Waals surface area contributed by atoms with E-state index in [2.05, 4.69) is 16.0 Å². The number of nitro benzene ring substituents is 1. The first-order valence-electron chi connectivity index (χ1n) is 7.95. The summed E-state index contributed by atoms with van der Waals surface area (Å²) in [5.41, 5.74) is 1.15. The smallest absolute Gasteiger partial charge is 0.269 e. The number of carbonyl (C=O) groups is 1. The number of amides is 1. The summed E-state index contributed by atoms with van der Waals surface area (Å²) in [5.74, 6) is -1.11. The third-order valence-electron chi connectivity index (χ3n) is 4.05. The van der Waals surface area contributed by atoms with Gasteiger partial charge in [-0.1, -0.05) is 24.3 Å². The van der Waals surface area contributed by atoms with E-state index in [4.69, 9.17) is 12.2 Å². The lowest BCUT2D eigenvalue weighted by molar-refractivity contribution is -0.384. The van der Waals surface area contributed by atoms with Crippen molar-refractivity contribution in [1.82, 2.24) is 10.6 Å². The standard InChI is InChI=1S/C18H15FN4O3S/c1-10-15(17(24)21-14-8-3-2-7-13(14)19)16(22-18(27)20-10)11-5-4-6-12(9-11)23(25)26/h2-9,16H,1H3,(H,21,24)(H2,20,22,27). The second-order valence-electron chi connectivity index (χ2n) is 5.86. The average Bonchev–Trinajstić information content (AvgIpc) is 2.63. The average molecular weight is 386 g/mol. The molecule has 1 heterocycles. The summed E-state index contributed by atoms with van der Waals surface area (Å²) in [5, 5.41) is 19.7. The van der Waals surface area contributed by atoms with Crippen molar-refractivity contribution in [2.75, 3.05) is 5.32 Å². The summed E-state index contributed by atoms with van der Waals surface area (Å²) in [6.45, 7) is 1.66. The molecule has 0 spiro atoms. The van der Waals surface area contributed by atoms with Crippen molar-refractivity contribution >= 4 is 34.6 Å². The number of nitrogens with zero attached hydrogens (tertiary/aromatic N) is 1. The van der Waals surface area contributed by atoms with Gasteiger partial charge in [0.05, 0.1) is 22.2 Å². The highest BCUT2D eigenvalue weighted by molar-refractivity contribution is 7.80. The Morgan fingerprint density at radius 1 is 1.26 bits per heavy atom. The maximum absolute atomic E-state index is 13.9. The van der Waals surface area contributed by atoms with Gasteiger partial charge < -0.3 is 16.0 Å². The fourth-order valence-electron chi connectivity index (χ4n) is 2.82. The van der Waals surface area contributed by atoms with E-state index in [-0.39, 0.29) is 22.1 Å². The van der Waals surface area contributed by atoms with Crippen LogP contribution in [0.1, 0.15) is 18.5 Å². The fourth-order valence-corrected chi connectivity index (χ4v) is 3.09. The highest BCUT2D eigenvalue weighted by atomic mass is 32.1. The van der Waals surface area contributed by atoms with Gasteiger partial charge >= 0.3 is 0 Å². The van der Waals surface area contributed by atoms with Gasteiger partial charge in [0.2, 0.25) is 0 Å². The molecule has 7 nitrogen and oxygen atoms in total. The van der Waals surface area contributed by atoms with E-state index < -0.39 is 22.7 Å². The van der Waals surface area contributed by atoms with Crippen LogP contribution in [-0.4, -0.2) is 15.9 Å². The molecule has 3 N–H and O–H groups in total. The fraction of sp³-hybridized carbons (Fsp3) is 0.111. The minimum atomic E-state index is -0.717. The molecule has 138 valence electrons. The van der Waals surface area contributed by atoms with Crippen LogP contribution in [0, 0.1) is 15.9 Å². The molecule has 1 aliphatic heterocycles. The lowest BCUT2D eigenvalue weighted by Crippen LogP contribution is -2.45. The first kappa shape index (κ1) is 18.5. The van der Waals surface area contributed by atoms with Gasteiger partial charge in [0.15, 0.2) is 5.11 Å². The number of para-hydroxylation sites is 1. The molecule has 3 rings (SSSR count). The molecule has 1 atom stereocenters. The number of hydrogen-bond donors (Lipinski definition) is 3. The number of allylic oxidation sites excluding steroid dienone is 1. The molecule has 2 aromatic carbocycles. The monoisotopic (exact) mass is 386 g/mol. The van der Waals surface area contributed by atoms with Gasteiger partial charge in [-0.3, -0.25) is 14.9 Å².